The molecular formula is C20H19N7O4. The average molecular weight is 421 g/mol. The Balaban J connectivity index is 1.47. The molecule has 31 heavy (non-hydrogen) atoms. The van der Waals surface area contributed by atoms with Crippen LogP contribution in [-0.2, 0) is 11.3 Å². The van der Waals surface area contributed by atoms with Crippen molar-refractivity contribution >= 4 is 11.6 Å². The second-order valence-corrected chi connectivity index (χ2v) is 7.96. The number of piperidine rings is 1. The Morgan fingerprint density at radius 2 is 1.94 bits per heavy atom. The highest BCUT2D eigenvalue weighted by Crippen LogP contribution is 2.36. The number of pyridine rings is 1. The molecule has 11 nitrogen and oxygen atoms in total. The van der Waals surface area contributed by atoms with Gasteiger partial charge in [-0.2, -0.15) is 0 Å². The summed E-state index contributed by atoms with van der Waals surface area (Å²) < 4.78 is 2.96. The van der Waals surface area contributed by atoms with Gasteiger partial charge in [0.1, 0.15) is 6.33 Å². The first kappa shape index (κ1) is 19.1. The monoisotopic (exact) mass is 421 g/mol. The Kier molecular flexibility index (Phi) is 4.57. The number of benzene rings is 1. The predicted octanol–water partition coefficient (Wildman–Crippen LogP) is 0.978. The first-order chi connectivity index (χ1) is 15.0. The maximum Gasteiger partial charge on any atom is 0.334 e. The Morgan fingerprint density at radius 1 is 1.13 bits per heavy atom. The molecule has 4 heterocycles. The van der Waals surface area contributed by atoms with Crippen LogP contribution < -0.4 is 5.56 Å². The molecule has 11 heteroatoms. The summed E-state index contributed by atoms with van der Waals surface area (Å²) in [6.45, 7) is 1.25. The minimum absolute atomic E-state index is 0.0419. The van der Waals surface area contributed by atoms with Gasteiger partial charge in [-0.1, -0.05) is 30.3 Å². The summed E-state index contributed by atoms with van der Waals surface area (Å²) in [5, 5.41) is 22.5. The predicted molar refractivity (Wildman–Crippen MR) is 107 cm³/mol. The molecule has 1 unspecified atom stereocenters. The molecule has 1 aromatic carbocycles. The van der Waals surface area contributed by atoms with Crippen LogP contribution in [0.5, 0.6) is 0 Å². The van der Waals surface area contributed by atoms with Gasteiger partial charge in [-0.3, -0.25) is 19.7 Å². The molecule has 0 aliphatic carbocycles. The lowest BCUT2D eigenvalue weighted by molar-refractivity contribution is -0.386. The molecule has 0 spiro atoms. The zero-order valence-electron chi connectivity index (χ0n) is 16.4. The van der Waals surface area contributed by atoms with Crippen molar-refractivity contribution in [2.45, 2.75) is 24.9 Å². The van der Waals surface area contributed by atoms with Crippen LogP contribution >= 0.6 is 0 Å². The van der Waals surface area contributed by atoms with E-state index in [1.807, 2.05) is 30.3 Å². The van der Waals surface area contributed by atoms with Crippen molar-refractivity contribution in [2.75, 3.05) is 13.1 Å². The second-order valence-electron chi connectivity index (χ2n) is 7.96. The molecule has 0 N–H and O–H groups in total. The van der Waals surface area contributed by atoms with Crippen LogP contribution in [0.2, 0.25) is 0 Å². The molecule has 5 rings (SSSR count). The second kappa shape index (κ2) is 7.42. The van der Waals surface area contributed by atoms with Crippen LogP contribution in [-0.4, -0.2) is 53.6 Å². The number of hydrogen-bond acceptors (Lipinski definition) is 7. The van der Waals surface area contributed by atoms with E-state index in [0.29, 0.717) is 19.6 Å². The number of fused-ring (bicyclic) bond motifs is 4. The van der Waals surface area contributed by atoms with E-state index >= 15 is 0 Å². The molecular weight excluding hydrogens is 402 g/mol. The largest absolute Gasteiger partial charge is 0.340 e. The van der Waals surface area contributed by atoms with Gasteiger partial charge in [0, 0.05) is 37.3 Å². The van der Waals surface area contributed by atoms with E-state index in [4.69, 9.17) is 0 Å². The summed E-state index contributed by atoms with van der Waals surface area (Å²) >= 11 is 0. The Morgan fingerprint density at radius 3 is 2.65 bits per heavy atom. The zero-order valence-corrected chi connectivity index (χ0v) is 16.4. The van der Waals surface area contributed by atoms with Crippen molar-refractivity contribution in [1.82, 2.24) is 29.7 Å². The van der Waals surface area contributed by atoms with Crippen LogP contribution in [0.4, 0.5) is 5.69 Å². The molecule has 3 atom stereocenters. The summed E-state index contributed by atoms with van der Waals surface area (Å²) in [7, 11) is 0. The van der Waals surface area contributed by atoms with Crippen LogP contribution in [0.25, 0.3) is 0 Å². The molecule has 0 saturated carbocycles. The molecule has 158 valence electrons. The summed E-state index contributed by atoms with van der Waals surface area (Å²) in [4.78, 5) is 38.5. The van der Waals surface area contributed by atoms with E-state index < -0.39 is 22.2 Å². The van der Waals surface area contributed by atoms with Crippen molar-refractivity contribution in [1.29, 1.82) is 0 Å². The number of tetrazole rings is 1. The number of aromatic nitrogens is 5. The van der Waals surface area contributed by atoms with Gasteiger partial charge in [-0.05, 0) is 34.4 Å². The Bertz CT molecular complexity index is 1190. The van der Waals surface area contributed by atoms with Gasteiger partial charge in [0.25, 0.3) is 5.91 Å². The lowest BCUT2D eigenvalue weighted by Gasteiger charge is -2.43. The lowest BCUT2D eigenvalue weighted by Crippen LogP contribution is -2.51. The lowest BCUT2D eigenvalue weighted by atomic mass is 9.82. The molecule has 1 fully saturated rings. The topological polar surface area (TPSA) is 129 Å². The van der Waals surface area contributed by atoms with Gasteiger partial charge >= 0.3 is 11.2 Å². The summed E-state index contributed by atoms with van der Waals surface area (Å²) in [5.74, 6) is -0.138. The Hall–Kier alpha value is -3.89. The molecule has 2 aliphatic heterocycles. The van der Waals surface area contributed by atoms with Crippen LogP contribution in [0.1, 0.15) is 29.6 Å². The average Bonchev–Trinajstić information content (AvgIpc) is 3.29. The minimum atomic E-state index is -0.686. The number of carbonyl (C=O) groups excluding carboxylic acids is 1. The van der Waals surface area contributed by atoms with Crippen molar-refractivity contribution in [3.05, 3.63) is 80.5 Å². The molecule has 3 aromatic rings. The van der Waals surface area contributed by atoms with Crippen LogP contribution in [0, 0.1) is 16.0 Å². The van der Waals surface area contributed by atoms with Gasteiger partial charge in [-0.25, -0.2) is 4.68 Å². The number of nitro groups is 1. The fourth-order valence-electron chi connectivity index (χ4n) is 4.76. The van der Waals surface area contributed by atoms with Crippen molar-refractivity contribution in [3.63, 3.8) is 0 Å². The highest BCUT2D eigenvalue weighted by atomic mass is 16.6. The number of nitrogens with zero attached hydrogens (tertiary/aromatic N) is 7. The third-order valence-electron chi connectivity index (χ3n) is 6.07. The quantitative estimate of drug-likeness (QED) is 0.453. The van der Waals surface area contributed by atoms with Gasteiger partial charge in [-0.15, -0.1) is 5.10 Å². The Labute approximate surface area is 176 Å². The van der Waals surface area contributed by atoms with Crippen LogP contribution in [0.3, 0.4) is 0 Å². The first-order valence-corrected chi connectivity index (χ1v) is 9.97. The SMILES string of the molecule is O=C([C@H](c1ccccc1)n1cnnn1)N1CC2C[C@@H](C1)Cn1c2ccc([N+](=O)[O-])c1=O. The van der Waals surface area contributed by atoms with E-state index in [9.17, 15) is 19.7 Å². The van der Waals surface area contributed by atoms with E-state index in [1.54, 1.807) is 11.0 Å². The summed E-state index contributed by atoms with van der Waals surface area (Å²) in [6.07, 6.45) is 2.26. The fraction of sp³-hybridized carbons (Fsp3) is 0.350. The highest BCUT2D eigenvalue weighted by Gasteiger charge is 2.40. The van der Waals surface area contributed by atoms with E-state index in [2.05, 4.69) is 15.5 Å². The van der Waals surface area contributed by atoms with Gasteiger partial charge in [0.2, 0.25) is 0 Å². The van der Waals surface area contributed by atoms with Crippen molar-refractivity contribution in [2.24, 2.45) is 5.92 Å². The van der Waals surface area contributed by atoms with Crippen molar-refractivity contribution < 1.29 is 9.72 Å². The molecule has 1 amide bonds. The van der Waals surface area contributed by atoms with Gasteiger partial charge in [0.05, 0.1) is 4.92 Å². The van der Waals surface area contributed by atoms with E-state index in [0.717, 1.165) is 17.7 Å². The number of amides is 1. The molecule has 2 bridgehead atoms. The summed E-state index contributed by atoms with van der Waals surface area (Å²) in [5.41, 5.74) is 0.526. The number of rotatable bonds is 4. The van der Waals surface area contributed by atoms with Crippen molar-refractivity contribution in [3.8, 4) is 0 Å². The normalized spacial score (nSPS) is 20.7. The zero-order chi connectivity index (χ0) is 21.5. The van der Waals surface area contributed by atoms with Gasteiger partial charge in [0.15, 0.2) is 6.04 Å². The molecule has 0 radical (unpaired) electrons. The minimum Gasteiger partial charge on any atom is -0.340 e. The number of hydrogen-bond donors (Lipinski definition) is 0. The van der Waals surface area contributed by atoms with E-state index in [1.165, 1.54) is 21.6 Å². The third-order valence-corrected chi connectivity index (χ3v) is 6.07. The smallest absolute Gasteiger partial charge is 0.334 e. The molecule has 1 saturated heterocycles. The number of carbonyl (C=O) groups is 1. The fourth-order valence-corrected chi connectivity index (χ4v) is 4.76. The maximum atomic E-state index is 13.6. The number of likely N-dealkylation sites (tertiary alicyclic amines) is 1. The standard InChI is InChI=1S/C20H19N7O4/c28-19-17(27(30)31)7-6-16-15-8-13(10-25(16)19)9-24(11-15)20(29)18(26-12-21-22-23-26)14-4-2-1-3-5-14/h1-7,12-13,15,18H,8-11H2/t13-,15?,18-/m0/s1. The first-order valence-electron chi connectivity index (χ1n) is 9.97. The van der Waals surface area contributed by atoms with Crippen LogP contribution in [0.15, 0.2) is 53.6 Å². The van der Waals surface area contributed by atoms with E-state index in [-0.39, 0.29) is 17.7 Å². The summed E-state index contributed by atoms with van der Waals surface area (Å²) in [6, 6.07) is 11.6. The third kappa shape index (κ3) is 3.27. The highest BCUT2D eigenvalue weighted by molar-refractivity contribution is 5.83. The maximum absolute atomic E-state index is 13.6. The molecule has 2 aliphatic rings. The van der Waals surface area contributed by atoms with Gasteiger partial charge < -0.3 is 9.47 Å². The molecule has 2 aromatic heterocycles.